The number of amides is 1. The molecule has 3 heterocycles. The maximum atomic E-state index is 12.3. The quantitative estimate of drug-likeness (QED) is 0.782. The summed E-state index contributed by atoms with van der Waals surface area (Å²) < 4.78 is 5.55. The lowest BCUT2D eigenvalue weighted by Crippen LogP contribution is -2.53. The zero-order chi connectivity index (χ0) is 22.0. The van der Waals surface area contributed by atoms with Crippen LogP contribution in [0.1, 0.15) is 52.5 Å². The van der Waals surface area contributed by atoms with Crippen molar-refractivity contribution < 1.29 is 9.53 Å². The van der Waals surface area contributed by atoms with Crippen molar-refractivity contribution >= 4 is 17.5 Å². The Morgan fingerprint density at radius 3 is 2.48 bits per heavy atom. The van der Waals surface area contributed by atoms with Crippen LogP contribution in [0.3, 0.4) is 0 Å². The zero-order valence-electron chi connectivity index (χ0n) is 19.8. The van der Waals surface area contributed by atoms with Gasteiger partial charge < -0.3 is 19.9 Å². The van der Waals surface area contributed by atoms with E-state index < -0.39 is 5.60 Å². The van der Waals surface area contributed by atoms with Crippen LogP contribution in [0.2, 0.25) is 0 Å². The monoisotopic (exact) mass is 428 g/mol. The third-order valence-electron chi connectivity index (χ3n) is 7.17. The molecule has 3 aliphatic rings. The number of fused-ring (bicyclic) bond motifs is 1. The number of anilines is 2. The van der Waals surface area contributed by atoms with Crippen molar-refractivity contribution in [3.63, 3.8) is 0 Å². The first-order valence-corrected chi connectivity index (χ1v) is 12.1. The second-order valence-electron chi connectivity index (χ2n) is 10.4. The number of rotatable bonds is 3. The second kappa shape index (κ2) is 9.27. The summed E-state index contributed by atoms with van der Waals surface area (Å²) in [5.41, 5.74) is 3.85. The maximum Gasteiger partial charge on any atom is 0.410 e. The van der Waals surface area contributed by atoms with Crippen LogP contribution in [-0.4, -0.2) is 73.3 Å². The Hall–Kier alpha value is -1.95. The first kappa shape index (κ1) is 22.3. The number of ether oxygens (including phenoxy) is 1. The smallest absolute Gasteiger partial charge is 0.410 e. The van der Waals surface area contributed by atoms with Crippen molar-refractivity contribution in [2.75, 3.05) is 56.0 Å². The van der Waals surface area contributed by atoms with Crippen molar-refractivity contribution in [1.29, 1.82) is 0 Å². The van der Waals surface area contributed by atoms with E-state index in [9.17, 15) is 4.79 Å². The molecule has 4 rings (SSSR count). The summed E-state index contributed by atoms with van der Waals surface area (Å²) in [7, 11) is 0. The second-order valence-corrected chi connectivity index (χ2v) is 10.4. The molecule has 2 saturated heterocycles. The van der Waals surface area contributed by atoms with Crippen molar-refractivity contribution in [3.8, 4) is 0 Å². The predicted molar refractivity (Wildman–Crippen MR) is 127 cm³/mol. The van der Waals surface area contributed by atoms with Gasteiger partial charge in [-0.1, -0.05) is 6.07 Å². The molecule has 2 fully saturated rings. The highest BCUT2D eigenvalue weighted by Gasteiger charge is 2.32. The fourth-order valence-corrected chi connectivity index (χ4v) is 5.35. The molecule has 3 aliphatic heterocycles. The SMILES string of the molecule is CC(C1CCN(C(=O)OC(C)(C)C)CC1)N1CCN(c2cccc3c2CCCN3)CC1. The number of benzene rings is 1. The minimum absolute atomic E-state index is 0.159. The molecule has 0 saturated carbocycles. The first-order chi connectivity index (χ1) is 14.8. The molecule has 1 unspecified atom stereocenters. The molecule has 0 bridgehead atoms. The van der Waals surface area contributed by atoms with E-state index in [1.165, 1.54) is 29.8 Å². The zero-order valence-corrected chi connectivity index (χ0v) is 19.8. The third-order valence-corrected chi connectivity index (χ3v) is 7.17. The van der Waals surface area contributed by atoms with E-state index in [-0.39, 0.29) is 6.09 Å². The van der Waals surface area contributed by atoms with Gasteiger partial charge in [0.15, 0.2) is 0 Å². The molecule has 1 aromatic carbocycles. The van der Waals surface area contributed by atoms with Gasteiger partial charge in [0.25, 0.3) is 0 Å². The molecule has 31 heavy (non-hydrogen) atoms. The number of hydrogen-bond donors (Lipinski definition) is 1. The molecular weight excluding hydrogens is 388 g/mol. The number of hydrogen-bond acceptors (Lipinski definition) is 5. The Kier molecular flexibility index (Phi) is 6.65. The topological polar surface area (TPSA) is 48.1 Å². The van der Waals surface area contributed by atoms with Crippen LogP contribution in [0.15, 0.2) is 18.2 Å². The molecule has 1 amide bonds. The highest BCUT2D eigenvalue weighted by atomic mass is 16.6. The summed E-state index contributed by atoms with van der Waals surface area (Å²) in [4.78, 5) is 19.5. The molecule has 1 aromatic rings. The predicted octanol–water partition coefficient (Wildman–Crippen LogP) is 4.20. The minimum atomic E-state index is -0.422. The van der Waals surface area contributed by atoms with E-state index in [0.29, 0.717) is 12.0 Å². The average molecular weight is 429 g/mol. The summed E-state index contributed by atoms with van der Waals surface area (Å²) in [6.45, 7) is 15.3. The van der Waals surface area contributed by atoms with Gasteiger partial charge in [0, 0.05) is 63.2 Å². The van der Waals surface area contributed by atoms with E-state index in [0.717, 1.165) is 58.7 Å². The molecule has 6 nitrogen and oxygen atoms in total. The molecule has 0 aromatic heterocycles. The Morgan fingerprint density at radius 2 is 1.81 bits per heavy atom. The molecule has 0 radical (unpaired) electrons. The summed E-state index contributed by atoms with van der Waals surface area (Å²) in [6, 6.07) is 7.28. The van der Waals surface area contributed by atoms with E-state index in [1.54, 1.807) is 0 Å². The van der Waals surface area contributed by atoms with Gasteiger partial charge in [0.1, 0.15) is 5.60 Å². The highest BCUT2D eigenvalue weighted by Crippen LogP contribution is 2.33. The number of piperidine rings is 1. The Labute approximate surface area is 187 Å². The van der Waals surface area contributed by atoms with E-state index in [4.69, 9.17) is 4.74 Å². The number of likely N-dealkylation sites (tertiary alicyclic amines) is 1. The summed E-state index contributed by atoms with van der Waals surface area (Å²) in [5, 5.41) is 3.56. The van der Waals surface area contributed by atoms with Crippen LogP contribution in [0, 0.1) is 5.92 Å². The summed E-state index contributed by atoms with van der Waals surface area (Å²) >= 11 is 0. The lowest BCUT2D eigenvalue weighted by Gasteiger charge is -2.44. The van der Waals surface area contributed by atoms with E-state index in [1.807, 2.05) is 25.7 Å². The van der Waals surface area contributed by atoms with Crippen LogP contribution in [0.4, 0.5) is 16.2 Å². The van der Waals surface area contributed by atoms with Crippen molar-refractivity contribution in [3.05, 3.63) is 23.8 Å². The lowest BCUT2D eigenvalue weighted by atomic mass is 9.89. The van der Waals surface area contributed by atoms with Gasteiger partial charge in [0.2, 0.25) is 0 Å². The van der Waals surface area contributed by atoms with Gasteiger partial charge in [0.05, 0.1) is 0 Å². The van der Waals surface area contributed by atoms with Gasteiger partial charge in [-0.15, -0.1) is 0 Å². The van der Waals surface area contributed by atoms with Gasteiger partial charge in [-0.3, -0.25) is 4.90 Å². The molecule has 1 N–H and O–H groups in total. The molecule has 6 heteroatoms. The first-order valence-electron chi connectivity index (χ1n) is 12.1. The molecule has 0 spiro atoms. The number of piperazine rings is 1. The minimum Gasteiger partial charge on any atom is -0.444 e. The Morgan fingerprint density at radius 1 is 1.10 bits per heavy atom. The van der Waals surface area contributed by atoms with Crippen molar-refractivity contribution in [2.45, 2.75) is 65.0 Å². The van der Waals surface area contributed by atoms with Crippen LogP contribution >= 0.6 is 0 Å². The van der Waals surface area contributed by atoms with Crippen molar-refractivity contribution in [2.24, 2.45) is 5.92 Å². The van der Waals surface area contributed by atoms with Gasteiger partial charge in [-0.25, -0.2) is 4.79 Å². The van der Waals surface area contributed by atoms with Crippen LogP contribution in [-0.2, 0) is 11.2 Å². The Balaban J connectivity index is 1.28. The fourth-order valence-electron chi connectivity index (χ4n) is 5.35. The number of carbonyl (C=O) groups is 1. The van der Waals surface area contributed by atoms with E-state index in [2.05, 4.69) is 40.2 Å². The van der Waals surface area contributed by atoms with Gasteiger partial charge in [-0.2, -0.15) is 0 Å². The highest BCUT2D eigenvalue weighted by molar-refractivity contribution is 5.68. The fraction of sp³-hybridized carbons (Fsp3) is 0.720. The Bertz CT molecular complexity index is 759. The molecular formula is C25H40N4O2. The maximum absolute atomic E-state index is 12.3. The molecule has 172 valence electrons. The standard InChI is InChI=1S/C25H40N4O2/c1-19(20-10-13-29(14-11-20)24(30)31-25(2,3)4)27-15-17-28(18-16-27)23-9-5-8-22-21(23)7-6-12-26-22/h5,8-9,19-20,26H,6-7,10-18H2,1-4H3. The van der Waals surface area contributed by atoms with Crippen LogP contribution in [0.5, 0.6) is 0 Å². The number of nitrogens with one attached hydrogen (secondary N) is 1. The van der Waals surface area contributed by atoms with Crippen molar-refractivity contribution in [1.82, 2.24) is 9.80 Å². The lowest BCUT2D eigenvalue weighted by molar-refractivity contribution is 0.0133. The molecule has 1 atom stereocenters. The third kappa shape index (κ3) is 5.28. The largest absolute Gasteiger partial charge is 0.444 e. The summed E-state index contributed by atoms with van der Waals surface area (Å²) in [6.07, 6.45) is 4.39. The number of carbonyl (C=O) groups excluding carboxylic acids is 1. The van der Waals surface area contributed by atoms with Crippen LogP contribution < -0.4 is 10.2 Å². The normalized spacial score (nSPS) is 21.9. The summed E-state index contributed by atoms with van der Waals surface area (Å²) in [5.74, 6) is 0.652. The van der Waals surface area contributed by atoms with Crippen LogP contribution in [0.25, 0.3) is 0 Å². The van der Waals surface area contributed by atoms with Gasteiger partial charge in [-0.05, 0) is 77.0 Å². The number of nitrogens with zero attached hydrogens (tertiary/aromatic N) is 3. The average Bonchev–Trinajstić information content (AvgIpc) is 2.77. The van der Waals surface area contributed by atoms with E-state index >= 15 is 0 Å². The molecule has 0 aliphatic carbocycles. The van der Waals surface area contributed by atoms with Gasteiger partial charge >= 0.3 is 6.09 Å².